The van der Waals surface area contributed by atoms with Gasteiger partial charge in [0.05, 0.1) is 31.3 Å². The van der Waals surface area contributed by atoms with E-state index in [0.29, 0.717) is 45.1 Å². The molecule has 0 aliphatic heterocycles. The van der Waals surface area contributed by atoms with Gasteiger partial charge in [0.2, 0.25) is 5.75 Å². The van der Waals surface area contributed by atoms with E-state index in [9.17, 15) is 9.18 Å². The zero-order valence-corrected chi connectivity index (χ0v) is 22.6. The molecule has 37 heavy (non-hydrogen) atoms. The molecule has 0 aliphatic carbocycles. The van der Waals surface area contributed by atoms with Crippen LogP contribution in [0.1, 0.15) is 43.1 Å². The van der Waals surface area contributed by atoms with Gasteiger partial charge in [-0.05, 0) is 54.4 Å². The maximum Gasteiger partial charge on any atom is 0.282 e. The van der Waals surface area contributed by atoms with Crippen molar-refractivity contribution in [3.8, 4) is 17.2 Å². The highest BCUT2D eigenvalue weighted by Crippen LogP contribution is 2.38. The van der Waals surface area contributed by atoms with Crippen LogP contribution < -0.4 is 19.8 Å². The van der Waals surface area contributed by atoms with E-state index in [1.807, 2.05) is 26.0 Å². The molecule has 1 heterocycles. The molecule has 0 fully saturated rings. The molecule has 0 saturated carbocycles. The van der Waals surface area contributed by atoms with Gasteiger partial charge in [0.15, 0.2) is 11.5 Å². The normalized spacial score (nSPS) is 12.2. The van der Waals surface area contributed by atoms with Crippen LogP contribution >= 0.6 is 15.9 Å². The Balaban J connectivity index is 1.73. The van der Waals surface area contributed by atoms with E-state index in [-0.39, 0.29) is 23.9 Å². The molecule has 1 aromatic heterocycles. The van der Waals surface area contributed by atoms with Crippen molar-refractivity contribution >= 4 is 33.0 Å². The summed E-state index contributed by atoms with van der Waals surface area (Å²) >= 11 is 3.42. The summed E-state index contributed by atoms with van der Waals surface area (Å²) in [5.41, 5.74) is 1.66. The molecule has 4 aromatic rings. The van der Waals surface area contributed by atoms with Gasteiger partial charge in [-0.25, -0.2) is 9.37 Å². The Labute approximate surface area is 222 Å². The monoisotopic (exact) mass is 567 g/mol. The molecule has 0 bridgehead atoms. The molecule has 0 unspecified atom stereocenters. The van der Waals surface area contributed by atoms with Crippen molar-refractivity contribution in [2.75, 3.05) is 14.2 Å². The third-order valence-corrected chi connectivity index (χ3v) is 6.46. The van der Waals surface area contributed by atoms with Gasteiger partial charge in [0.1, 0.15) is 18.2 Å². The van der Waals surface area contributed by atoms with Crippen molar-refractivity contribution in [1.29, 1.82) is 0 Å². The van der Waals surface area contributed by atoms with Gasteiger partial charge in [0, 0.05) is 16.0 Å². The topological polar surface area (TPSA) is 74.9 Å². The fraction of sp³-hybridized carbons (Fsp3) is 0.250. The fourth-order valence-electron chi connectivity index (χ4n) is 3.80. The van der Waals surface area contributed by atoms with Crippen molar-refractivity contribution in [3.63, 3.8) is 0 Å². The molecule has 9 heteroatoms. The second-order valence-corrected chi connectivity index (χ2v) is 9.39. The van der Waals surface area contributed by atoms with E-state index in [0.717, 1.165) is 10.9 Å². The smallest absolute Gasteiger partial charge is 0.282 e. The van der Waals surface area contributed by atoms with Gasteiger partial charge >= 0.3 is 0 Å². The Morgan fingerprint density at radius 3 is 2.49 bits per heavy atom. The third kappa shape index (κ3) is 5.83. The largest absolute Gasteiger partial charge is 0.493 e. The number of nitrogens with zero attached hydrogens (tertiary/aromatic N) is 3. The number of benzene rings is 3. The molecule has 0 spiro atoms. The standard InChI is InChI=1S/C28H27BrFN3O4/c1-5-17(2)27-32-23-10-9-20(29)14-22(23)28(34)33(27)31-15-19-12-24(35-3)26(25(13-19)36-4)37-16-18-7-6-8-21(30)11-18/h6-15,17H,5,16H2,1-4H3/t17-/m0/s1. The van der Waals surface area contributed by atoms with Crippen LogP contribution in [0.25, 0.3) is 10.9 Å². The Morgan fingerprint density at radius 1 is 1.11 bits per heavy atom. The van der Waals surface area contributed by atoms with E-state index >= 15 is 0 Å². The molecule has 0 saturated heterocycles. The van der Waals surface area contributed by atoms with Crippen LogP contribution in [0.15, 0.2) is 69.0 Å². The van der Waals surface area contributed by atoms with Gasteiger partial charge in [-0.15, -0.1) is 0 Å². The summed E-state index contributed by atoms with van der Waals surface area (Å²) in [6.45, 7) is 4.17. The van der Waals surface area contributed by atoms with Crippen LogP contribution in [-0.2, 0) is 6.61 Å². The van der Waals surface area contributed by atoms with E-state index in [1.165, 1.54) is 31.0 Å². The van der Waals surface area contributed by atoms with Crippen molar-refractivity contribution < 1.29 is 18.6 Å². The van der Waals surface area contributed by atoms with Crippen LogP contribution in [0.5, 0.6) is 17.2 Å². The Hall–Kier alpha value is -3.72. The molecule has 0 aliphatic rings. The molecular formula is C28H27BrFN3O4. The summed E-state index contributed by atoms with van der Waals surface area (Å²) in [6, 6.07) is 15.1. The zero-order chi connectivity index (χ0) is 26.5. The highest BCUT2D eigenvalue weighted by Gasteiger charge is 2.17. The second-order valence-electron chi connectivity index (χ2n) is 8.48. The summed E-state index contributed by atoms with van der Waals surface area (Å²) in [6.07, 6.45) is 2.35. The molecular weight excluding hydrogens is 541 g/mol. The number of rotatable bonds is 9. The van der Waals surface area contributed by atoms with Gasteiger partial charge in [-0.2, -0.15) is 9.78 Å². The first-order valence-corrected chi connectivity index (χ1v) is 12.5. The SMILES string of the molecule is CC[C@H](C)c1nc2ccc(Br)cc2c(=O)n1N=Cc1cc(OC)c(OCc2cccc(F)c2)c(OC)c1. The highest BCUT2D eigenvalue weighted by molar-refractivity contribution is 9.10. The number of halogens is 2. The van der Waals surface area contributed by atoms with E-state index in [2.05, 4.69) is 21.0 Å². The Morgan fingerprint density at radius 2 is 1.84 bits per heavy atom. The highest BCUT2D eigenvalue weighted by atomic mass is 79.9. The van der Waals surface area contributed by atoms with Crippen molar-refractivity contribution in [3.05, 3.63) is 92.2 Å². The number of ether oxygens (including phenoxy) is 3. The lowest BCUT2D eigenvalue weighted by atomic mass is 10.1. The molecule has 7 nitrogen and oxygen atoms in total. The number of fused-ring (bicyclic) bond motifs is 1. The third-order valence-electron chi connectivity index (χ3n) is 5.96. The number of hydrogen-bond acceptors (Lipinski definition) is 6. The van der Waals surface area contributed by atoms with E-state index < -0.39 is 0 Å². The zero-order valence-electron chi connectivity index (χ0n) is 21.0. The summed E-state index contributed by atoms with van der Waals surface area (Å²) in [4.78, 5) is 18.1. The van der Waals surface area contributed by atoms with Crippen molar-refractivity contribution in [2.45, 2.75) is 32.8 Å². The van der Waals surface area contributed by atoms with E-state index in [1.54, 1.807) is 36.5 Å². The van der Waals surface area contributed by atoms with Crippen molar-refractivity contribution in [2.24, 2.45) is 5.10 Å². The van der Waals surface area contributed by atoms with Gasteiger partial charge < -0.3 is 14.2 Å². The summed E-state index contributed by atoms with van der Waals surface area (Å²) in [5, 5.41) is 4.98. The van der Waals surface area contributed by atoms with Gasteiger partial charge in [-0.1, -0.05) is 41.9 Å². The first-order chi connectivity index (χ1) is 17.8. The average Bonchev–Trinajstić information content (AvgIpc) is 2.90. The van der Waals surface area contributed by atoms with Crippen molar-refractivity contribution in [1.82, 2.24) is 9.66 Å². The number of aromatic nitrogens is 2. The maximum atomic E-state index is 13.5. The predicted molar refractivity (Wildman–Crippen MR) is 146 cm³/mol. The summed E-state index contributed by atoms with van der Waals surface area (Å²) in [7, 11) is 3.03. The summed E-state index contributed by atoms with van der Waals surface area (Å²) < 4.78 is 32.7. The minimum atomic E-state index is -0.339. The fourth-order valence-corrected chi connectivity index (χ4v) is 4.16. The Bertz CT molecular complexity index is 1490. The lowest BCUT2D eigenvalue weighted by Crippen LogP contribution is -2.23. The average molecular weight is 568 g/mol. The lowest BCUT2D eigenvalue weighted by molar-refractivity contribution is 0.265. The molecule has 4 rings (SSSR count). The molecule has 1 atom stereocenters. The number of hydrogen-bond donors (Lipinski definition) is 0. The minimum absolute atomic E-state index is 0.0144. The molecule has 3 aromatic carbocycles. The first kappa shape index (κ1) is 26.3. The van der Waals surface area contributed by atoms with E-state index in [4.69, 9.17) is 19.2 Å². The second kappa shape index (κ2) is 11.6. The molecule has 0 amide bonds. The lowest BCUT2D eigenvalue weighted by Gasteiger charge is -2.16. The number of methoxy groups -OCH3 is 2. The summed E-state index contributed by atoms with van der Waals surface area (Å²) in [5.74, 6) is 1.45. The van der Waals surface area contributed by atoms with Gasteiger partial charge in [0.25, 0.3) is 5.56 Å². The van der Waals surface area contributed by atoms with Crippen LogP contribution in [0.2, 0.25) is 0 Å². The Kier molecular flexibility index (Phi) is 8.23. The molecule has 0 N–H and O–H groups in total. The molecule has 192 valence electrons. The first-order valence-electron chi connectivity index (χ1n) is 11.7. The van der Waals surface area contributed by atoms with Crippen LogP contribution in [0.4, 0.5) is 4.39 Å². The quantitative estimate of drug-likeness (QED) is 0.222. The van der Waals surface area contributed by atoms with Crippen LogP contribution in [0.3, 0.4) is 0 Å². The minimum Gasteiger partial charge on any atom is -0.493 e. The molecule has 0 radical (unpaired) electrons. The van der Waals surface area contributed by atoms with Gasteiger partial charge in [-0.3, -0.25) is 4.79 Å². The van der Waals surface area contributed by atoms with Crippen LogP contribution in [0, 0.1) is 5.82 Å². The van der Waals surface area contributed by atoms with Crippen LogP contribution in [-0.4, -0.2) is 30.1 Å². The predicted octanol–water partition coefficient (Wildman–Crippen LogP) is 6.29. The maximum absolute atomic E-state index is 13.5.